The maximum absolute atomic E-state index is 9.11. The standard InChI is InChI=1S/C12H11Cl2N/c13-10-3-2-9(6-11(10)14)7-12(8-15)4-1-5-12/h2-3,6H,1,4-5,7H2. The van der Waals surface area contributed by atoms with E-state index in [9.17, 15) is 0 Å². The molecule has 1 aromatic carbocycles. The number of nitrogens with zero attached hydrogens (tertiary/aromatic N) is 1. The molecular formula is C12H11Cl2N. The second-order valence-electron chi connectivity index (χ2n) is 4.17. The molecule has 1 aliphatic rings. The summed E-state index contributed by atoms with van der Waals surface area (Å²) in [4.78, 5) is 0. The number of nitriles is 1. The smallest absolute Gasteiger partial charge is 0.0693 e. The molecule has 0 atom stereocenters. The first-order valence-corrected chi connectivity index (χ1v) is 5.76. The van der Waals surface area contributed by atoms with Gasteiger partial charge in [-0.25, -0.2) is 0 Å². The Balaban J connectivity index is 2.18. The first-order chi connectivity index (χ1) is 7.15. The molecule has 0 bridgehead atoms. The molecule has 0 radical (unpaired) electrons. The van der Waals surface area contributed by atoms with E-state index in [1.807, 2.05) is 12.1 Å². The molecule has 1 nitrogen and oxygen atoms in total. The molecule has 0 aliphatic heterocycles. The Morgan fingerprint density at radius 3 is 2.47 bits per heavy atom. The van der Waals surface area contributed by atoms with Crippen molar-refractivity contribution in [1.82, 2.24) is 0 Å². The Morgan fingerprint density at radius 2 is 2.00 bits per heavy atom. The molecule has 0 N–H and O–H groups in total. The van der Waals surface area contributed by atoms with Crippen molar-refractivity contribution in [1.29, 1.82) is 5.26 Å². The molecule has 1 aromatic rings. The van der Waals surface area contributed by atoms with Gasteiger partial charge in [0, 0.05) is 0 Å². The maximum Gasteiger partial charge on any atom is 0.0693 e. The van der Waals surface area contributed by atoms with Gasteiger partial charge in [0.25, 0.3) is 0 Å². The zero-order chi connectivity index (χ0) is 10.9. The molecule has 2 rings (SSSR count). The monoisotopic (exact) mass is 239 g/mol. The second-order valence-corrected chi connectivity index (χ2v) is 4.99. The molecule has 78 valence electrons. The molecule has 0 saturated heterocycles. The fourth-order valence-corrected chi connectivity index (χ4v) is 2.29. The van der Waals surface area contributed by atoms with Crippen LogP contribution >= 0.6 is 23.2 Å². The zero-order valence-corrected chi connectivity index (χ0v) is 9.78. The summed E-state index contributed by atoms with van der Waals surface area (Å²) in [6, 6.07) is 8.03. The summed E-state index contributed by atoms with van der Waals surface area (Å²) >= 11 is 11.8. The van der Waals surface area contributed by atoms with Gasteiger partial charge in [0.15, 0.2) is 0 Å². The zero-order valence-electron chi connectivity index (χ0n) is 8.26. The second kappa shape index (κ2) is 4.04. The number of halogens is 2. The van der Waals surface area contributed by atoms with Gasteiger partial charge in [-0.2, -0.15) is 5.26 Å². The average Bonchev–Trinajstić information content (AvgIpc) is 2.17. The van der Waals surface area contributed by atoms with Crippen molar-refractivity contribution in [3.8, 4) is 6.07 Å². The summed E-state index contributed by atoms with van der Waals surface area (Å²) < 4.78 is 0. The minimum Gasteiger partial charge on any atom is -0.198 e. The van der Waals surface area contributed by atoms with E-state index in [1.54, 1.807) is 6.07 Å². The summed E-state index contributed by atoms with van der Waals surface area (Å²) in [6.07, 6.45) is 3.96. The van der Waals surface area contributed by atoms with E-state index in [4.69, 9.17) is 28.5 Å². The number of benzene rings is 1. The molecular weight excluding hydrogens is 229 g/mol. The van der Waals surface area contributed by atoms with E-state index in [0.717, 1.165) is 31.2 Å². The lowest BCUT2D eigenvalue weighted by atomic mass is 9.66. The minimum atomic E-state index is -0.142. The highest BCUT2D eigenvalue weighted by atomic mass is 35.5. The van der Waals surface area contributed by atoms with Gasteiger partial charge in [0.2, 0.25) is 0 Å². The predicted octanol–water partition coefficient (Wildman–Crippen LogP) is 4.23. The van der Waals surface area contributed by atoms with Crippen LogP contribution < -0.4 is 0 Å². The van der Waals surface area contributed by atoms with E-state index in [2.05, 4.69) is 6.07 Å². The topological polar surface area (TPSA) is 23.8 Å². The van der Waals surface area contributed by atoms with Crippen LogP contribution in [-0.4, -0.2) is 0 Å². The third kappa shape index (κ3) is 2.12. The fourth-order valence-electron chi connectivity index (χ4n) is 1.97. The molecule has 0 spiro atoms. The van der Waals surface area contributed by atoms with Gasteiger partial charge in [-0.3, -0.25) is 0 Å². The number of hydrogen-bond donors (Lipinski definition) is 0. The molecule has 1 saturated carbocycles. The third-order valence-electron chi connectivity index (χ3n) is 3.07. The Bertz CT molecular complexity index is 416. The normalized spacial score (nSPS) is 17.9. The SMILES string of the molecule is N#CC1(Cc2ccc(Cl)c(Cl)c2)CCC1. The first kappa shape index (κ1) is 10.8. The summed E-state index contributed by atoms with van der Waals surface area (Å²) in [5, 5.41) is 10.3. The molecule has 0 amide bonds. The van der Waals surface area contributed by atoms with Gasteiger partial charge in [-0.1, -0.05) is 35.7 Å². The lowest BCUT2D eigenvalue weighted by molar-refractivity contribution is 0.214. The van der Waals surface area contributed by atoms with Crippen molar-refractivity contribution in [3.05, 3.63) is 33.8 Å². The largest absolute Gasteiger partial charge is 0.198 e. The molecule has 0 aromatic heterocycles. The molecule has 1 aliphatic carbocycles. The predicted molar refractivity (Wildman–Crippen MR) is 62.1 cm³/mol. The lowest BCUT2D eigenvalue weighted by Gasteiger charge is -2.35. The Morgan fingerprint density at radius 1 is 1.27 bits per heavy atom. The molecule has 1 fully saturated rings. The van der Waals surface area contributed by atoms with E-state index in [-0.39, 0.29) is 5.41 Å². The average molecular weight is 240 g/mol. The van der Waals surface area contributed by atoms with Crippen LogP contribution in [0.2, 0.25) is 10.0 Å². The lowest BCUT2D eigenvalue weighted by Crippen LogP contribution is -2.29. The van der Waals surface area contributed by atoms with Crippen molar-refractivity contribution in [3.63, 3.8) is 0 Å². The first-order valence-electron chi connectivity index (χ1n) is 5.00. The summed E-state index contributed by atoms with van der Waals surface area (Å²) in [6.45, 7) is 0. The van der Waals surface area contributed by atoms with Gasteiger partial charge < -0.3 is 0 Å². The number of hydrogen-bond acceptors (Lipinski definition) is 1. The summed E-state index contributed by atoms with van der Waals surface area (Å²) in [5.41, 5.74) is 0.961. The quantitative estimate of drug-likeness (QED) is 0.758. The summed E-state index contributed by atoms with van der Waals surface area (Å²) in [5.74, 6) is 0. The van der Waals surface area contributed by atoms with Crippen molar-refractivity contribution in [2.75, 3.05) is 0 Å². The highest BCUT2D eigenvalue weighted by Gasteiger charge is 2.37. The molecule has 0 unspecified atom stereocenters. The highest BCUT2D eigenvalue weighted by Crippen LogP contribution is 2.43. The van der Waals surface area contributed by atoms with E-state index in [1.165, 1.54) is 0 Å². The minimum absolute atomic E-state index is 0.142. The van der Waals surface area contributed by atoms with Crippen LogP contribution in [0.5, 0.6) is 0 Å². The number of rotatable bonds is 2. The van der Waals surface area contributed by atoms with Crippen LogP contribution in [0.1, 0.15) is 24.8 Å². The van der Waals surface area contributed by atoms with Crippen LogP contribution in [0.25, 0.3) is 0 Å². The van der Waals surface area contributed by atoms with Crippen LogP contribution in [-0.2, 0) is 6.42 Å². The fraction of sp³-hybridized carbons (Fsp3) is 0.417. The van der Waals surface area contributed by atoms with Crippen LogP contribution in [0.4, 0.5) is 0 Å². The molecule has 3 heteroatoms. The van der Waals surface area contributed by atoms with Gasteiger partial charge in [0.1, 0.15) is 0 Å². The Labute approximate surface area is 99.6 Å². The molecule has 15 heavy (non-hydrogen) atoms. The molecule has 0 heterocycles. The van der Waals surface area contributed by atoms with Crippen molar-refractivity contribution < 1.29 is 0 Å². The van der Waals surface area contributed by atoms with Crippen molar-refractivity contribution in [2.45, 2.75) is 25.7 Å². The van der Waals surface area contributed by atoms with Gasteiger partial charge in [-0.05, 0) is 37.0 Å². The van der Waals surface area contributed by atoms with Gasteiger partial charge in [-0.15, -0.1) is 0 Å². The Hall–Kier alpha value is -0.710. The van der Waals surface area contributed by atoms with Crippen LogP contribution in [0, 0.1) is 16.7 Å². The van der Waals surface area contributed by atoms with Gasteiger partial charge >= 0.3 is 0 Å². The van der Waals surface area contributed by atoms with Crippen molar-refractivity contribution >= 4 is 23.2 Å². The van der Waals surface area contributed by atoms with E-state index >= 15 is 0 Å². The van der Waals surface area contributed by atoms with Crippen LogP contribution in [0.15, 0.2) is 18.2 Å². The van der Waals surface area contributed by atoms with E-state index < -0.39 is 0 Å². The van der Waals surface area contributed by atoms with Crippen molar-refractivity contribution in [2.24, 2.45) is 5.41 Å². The third-order valence-corrected chi connectivity index (χ3v) is 3.81. The maximum atomic E-state index is 9.11. The Kier molecular flexibility index (Phi) is 2.91. The van der Waals surface area contributed by atoms with Gasteiger partial charge in [0.05, 0.1) is 21.5 Å². The van der Waals surface area contributed by atoms with E-state index in [0.29, 0.717) is 10.0 Å². The highest BCUT2D eigenvalue weighted by molar-refractivity contribution is 6.42. The summed E-state index contributed by atoms with van der Waals surface area (Å²) in [7, 11) is 0. The van der Waals surface area contributed by atoms with Crippen LogP contribution in [0.3, 0.4) is 0 Å².